The van der Waals surface area contributed by atoms with Crippen LogP contribution in [0.25, 0.3) is 11.0 Å². The predicted molar refractivity (Wildman–Crippen MR) is 59.2 cm³/mol. The lowest BCUT2D eigenvalue weighted by molar-refractivity contribution is 0.100. The highest BCUT2D eigenvalue weighted by molar-refractivity contribution is 5.94. The lowest BCUT2D eigenvalue weighted by Crippen LogP contribution is -1.93. The fraction of sp³-hybridized carbons (Fsp3) is 0.273. The summed E-state index contributed by atoms with van der Waals surface area (Å²) in [7, 11) is 3.12. The Labute approximate surface area is 92.4 Å². The summed E-state index contributed by atoms with van der Waals surface area (Å²) in [5.74, 6) is 1.43. The quantitative estimate of drug-likeness (QED) is 0.801. The number of benzene rings is 1. The van der Waals surface area contributed by atoms with Gasteiger partial charge in [0.15, 0.2) is 23.1 Å². The molecule has 0 saturated heterocycles. The molecule has 2 rings (SSSR count). The molecule has 16 heavy (non-hydrogen) atoms. The number of Topliss-reactive ketones (excluding diaryl/α,β-unsaturated/α-hetero) is 1. The number of hydrogen-bond acceptors (Lipinski definition) is 4. The fourth-order valence-corrected chi connectivity index (χ4v) is 1.50. The molecule has 84 valence electrons. The molecule has 0 spiro atoms. The van der Waals surface area contributed by atoms with Crippen molar-refractivity contribution < 1.29 is 14.3 Å². The maximum Gasteiger partial charge on any atom is 0.195 e. The fourth-order valence-electron chi connectivity index (χ4n) is 1.50. The standard InChI is InChI=1S/C11H12N2O3/c1-6(14)11-12-7-4-9(15-2)10(16-3)5-8(7)13-11/h4-5H,1-3H3,(H,12,13). The van der Waals surface area contributed by atoms with Gasteiger partial charge in [-0.15, -0.1) is 0 Å². The van der Waals surface area contributed by atoms with Crippen LogP contribution in [0.5, 0.6) is 11.5 Å². The normalized spacial score (nSPS) is 10.4. The van der Waals surface area contributed by atoms with Crippen molar-refractivity contribution in [2.75, 3.05) is 14.2 Å². The van der Waals surface area contributed by atoms with Crippen molar-refractivity contribution in [1.82, 2.24) is 9.97 Å². The molecule has 1 heterocycles. The highest BCUT2D eigenvalue weighted by Gasteiger charge is 2.11. The third kappa shape index (κ3) is 1.60. The van der Waals surface area contributed by atoms with Gasteiger partial charge in [0.25, 0.3) is 0 Å². The largest absolute Gasteiger partial charge is 0.493 e. The molecule has 0 unspecified atom stereocenters. The number of H-pyrrole nitrogens is 1. The molecule has 0 radical (unpaired) electrons. The zero-order valence-electron chi connectivity index (χ0n) is 9.33. The Balaban J connectivity index is 2.64. The first-order chi connectivity index (χ1) is 7.65. The van der Waals surface area contributed by atoms with Crippen molar-refractivity contribution in [3.63, 3.8) is 0 Å². The number of aromatic nitrogens is 2. The third-order valence-electron chi connectivity index (χ3n) is 2.32. The van der Waals surface area contributed by atoms with E-state index in [9.17, 15) is 4.79 Å². The van der Waals surface area contributed by atoms with Gasteiger partial charge in [-0.3, -0.25) is 4.79 Å². The summed E-state index contributed by atoms with van der Waals surface area (Å²) in [5, 5.41) is 0. The molecule has 1 aromatic heterocycles. The molecule has 0 aliphatic carbocycles. The third-order valence-corrected chi connectivity index (χ3v) is 2.32. The van der Waals surface area contributed by atoms with E-state index in [1.54, 1.807) is 26.4 Å². The molecule has 0 aliphatic rings. The van der Waals surface area contributed by atoms with Crippen LogP contribution in [0.1, 0.15) is 17.5 Å². The number of rotatable bonds is 3. The van der Waals surface area contributed by atoms with E-state index in [1.807, 2.05) is 0 Å². The van der Waals surface area contributed by atoms with E-state index in [0.717, 1.165) is 5.52 Å². The Morgan fingerprint density at radius 3 is 2.44 bits per heavy atom. The molecule has 0 bridgehead atoms. The first kappa shape index (κ1) is 10.5. The van der Waals surface area contributed by atoms with E-state index in [2.05, 4.69) is 9.97 Å². The van der Waals surface area contributed by atoms with Crippen molar-refractivity contribution >= 4 is 16.8 Å². The van der Waals surface area contributed by atoms with Gasteiger partial charge < -0.3 is 14.5 Å². The number of nitrogens with one attached hydrogen (secondary N) is 1. The van der Waals surface area contributed by atoms with Crippen molar-refractivity contribution in [3.8, 4) is 11.5 Å². The van der Waals surface area contributed by atoms with Crippen LogP contribution in [-0.4, -0.2) is 30.0 Å². The summed E-state index contributed by atoms with van der Waals surface area (Å²) in [6.07, 6.45) is 0. The Morgan fingerprint density at radius 1 is 1.25 bits per heavy atom. The molecule has 0 amide bonds. The lowest BCUT2D eigenvalue weighted by Gasteiger charge is -2.06. The van der Waals surface area contributed by atoms with Crippen LogP contribution in [0.3, 0.4) is 0 Å². The van der Waals surface area contributed by atoms with E-state index in [4.69, 9.17) is 9.47 Å². The monoisotopic (exact) mass is 220 g/mol. The summed E-state index contributed by atoms with van der Waals surface area (Å²) in [6.45, 7) is 1.46. The van der Waals surface area contributed by atoms with Crippen molar-refractivity contribution in [2.24, 2.45) is 0 Å². The number of carbonyl (C=O) groups excluding carboxylic acids is 1. The second-order valence-electron chi connectivity index (χ2n) is 3.37. The molecule has 1 aromatic carbocycles. The molecule has 5 nitrogen and oxygen atoms in total. The summed E-state index contributed by atoms with van der Waals surface area (Å²) in [5.41, 5.74) is 1.44. The number of hydrogen-bond donors (Lipinski definition) is 1. The molecule has 0 fully saturated rings. The number of carbonyl (C=O) groups is 1. The number of aromatic amines is 1. The average molecular weight is 220 g/mol. The van der Waals surface area contributed by atoms with Crippen LogP contribution in [0.15, 0.2) is 12.1 Å². The van der Waals surface area contributed by atoms with Gasteiger partial charge >= 0.3 is 0 Å². The van der Waals surface area contributed by atoms with E-state index in [0.29, 0.717) is 22.8 Å². The second kappa shape index (κ2) is 3.84. The van der Waals surface area contributed by atoms with E-state index < -0.39 is 0 Å². The molecular weight excluding hydrogens is 208 g/mol. The zero-order chi connectivity index (χ0) is 11.7. The van der Waals surface area contributed by atoms with Gasteiger partial charge in [0.1, 0.15) is 0 Å². The summed E-state index contributed by atoms with van der Waals surface area (Å²) >= 11 is 0. The Bertz CT molecular complexity index is 504. The zero-order valence-corrected chi connectivity index (χ0v) is 9.33. The molecule has 0 saturated carbocycles. The number of methoxy groups -OCH3 is 2. The minimum absolute atomic E-state index is 0.103. The predicted octanol–water partition coefficient (Wildman–Crippen LogP) is 1.78. The van der Waals surface area contributed by atoms with Gasteiger partial charge in [0.05, 0.1) is 25.3 Å². The van der Waals surface area contributed by atoms with Crippen LogP contribution in [0.2, 0.25) is 0 Å². The topological polar surface area (TPSA) is 64.2 Å². The first-order valence-electron chi connectivity index (χ1n) is 4.78. The molecule has 0 aliphatic heterocycles. The van der Waals surface area contributed by atoms with Crippen LogP contribution < -0.4 is 9.47 Å². The lowest BCUT2D eigenvalue weighted by atomic mass is 10.3. The van der Waals surface area contributed by atoms with Gasteiger partial charge in [-0.05, 0) is 0 Å². The average Bonchev–Trinajstić information content (AvgIpc) is 2.69. The minimum atomic E-state index is -0.103. The maximum absolute atomic E-state index is 11.2. The van der Waals surface area contributed by atoms with Crippen LogP contribution in [0, 0.1) is 0 Å². The molecule has 1 N–H and O–H groups in total. The number of ether oxygens (including phenoxy) is 2. The summed E-state index contributed by atoms with van der Waals surface area (Å²) in [6, 6.07) is 3.49. The van der Waals surface area contributed by atoms with Crippen LogP contribution in [-0.2, 0) is 0 Å². The molecule has 2 aromatic rings. The maximum atomic E-state index is 11.2. The van der Waals surface area contributed by atoms with Crippen molar-refractivity contribution in [2.45, 2.75) is 6.92 Å². The van der Waals surface area contributed by atoms with Gasteiger partial charge in [0.2, 0.25) is 0 Å². The minimum Gasteiger partial charge on any atom is -0.493 e. The Morgan fingerprint density at radius 2 is 1.88 bits per heavy atom. The molecule has 5 heteroatoms. The van der Waals surface area contributed by atoms with Gasteiger partial charge in [-0.25, -0.2) is 4.98 Å². The van der Waals surface area contributed by atoms with Gasteiger partial charge in [-0.1, -0.05) is 0 Å². The highest BCUT2D eigenvalue weighted by atomic mass is 16.5. The first-order valence-corrected chi connectivity index (χ1v) is 4.78. The van der Waals surface area contributed by atoms with Crippen molar-refractivity contribution in [1.29, 1.82) is 0 Å². The van der Waals surface area contributed by atoms with E-state index >= 15 is 0 Å². The summed E-state index contributed by atoms with van der Waals surface area (Å²) < 4.78 is 10.3. The van der Waals surface area contributed by atoms with E-state index in [1.165, 1.54) is 6.92 Å². The number of nitrogens with zero attached hydrogens (tertiary/aromatic N) is 1. The highest BCUT2D eigenvalue weighted by Crippen LogP contribution is 2.30. The summed E-state index contributed by atoms with van der Waals surface area (Å²) in [4.78, 5) is 18.2. The number of ketones is 1. The number of fused-ring (bicyclic) bond motifs is 1. The smallest absolute Gasteiger partial charge is 0.195 e. The second-order valence-corrected chi connectivity index (χ2v) is 3.37. The number of imidazole rings is 1. The Hall–Kier alpha value is -2.04. The molecular formula is C11H12N2O3. The van der Waals surface area contributed by atoms with Gasteiger partial charge in [0, 0.05) is 19.1 Å². The van der Waals surface area contributed by atoms with Gasteiger partial charge in [-0.2, -0.15) is 0 Å². The SMILES string of the molecule is COc1cc2nc(C(C)=O)[nH]c2cc1OC. The van der Waals surface area contributed by atoms with Crippen molar-refractivity contribution in [3.05, 3.63) is 18.0 Å². The Kier molecular flexibility index (Phi) is 2.52. The van der Waals surface area contributed by atoms with E-state index in [-0.39, 0.29) is 5.78 Å². The molecule has 0 atom stereocenters. The van der Waals surface area contributed by atoms with Crippen LogP contribution >= 0.6 is 0 Å². The van der Waals surface area contributed by atoms with Crippen LogP contribution in [0.4, 0.5) is 0 Å².